The van der Waals surface area contributed by atoms with Gasteiger partial charge in [0.2, 0.25) is 0 Å². The van der Waals surface area contributed by atoms with Crippen molar-refractivity contribution in [2.24, 2.45) is 0 Å². The SMILES string of the molecule is CCCOc1ccccc1NC(=O)c1sc(-c2ccccc2)nc1C. The molecular weight excluding hydrogens is 332 g/mol. The van der Waals surface area contributed by atoms with Crippen molar-refractivity contribution in [1.29, 1.82) is 0 Å². The first kappa shape index (κ1) is 17.2. The Morgan fingerprint density at radius 3 is 2.60 bits per heavy atom. The summed E-state index contributed by atoms with van der Waals surface area (Å²) in [5.74, 6) is 0.521. The van der Waals surface area contributed by atoms with Gasteiger partial charge < -0.3 is 10.1 Å². The van der Waals surface area contributed by atoms with Crippen LogP contribution in [-0.2, 0) is 0 Å². The molecule has 0 aliphatic rings. The molecule has 3 rings (SSSR count). The number of nitrogens with one attached hydrogen (secondary N) is 1. The number of ether oxygens (including phenoxy) is 1. The van der Waals surface area contributed by atoms with Crippen molar-refractivity contribution in [2.75, 3.05) is 11.9 Å². The molecule has 0 saturated heterocycles. The lowest BCUT2D eigenvalue weighted by Gasteiger charge is -2.11. The van der Waals surface area contributed by atoms with Gasteiger partial charge in [0.15, 0.2) is 0 Å². The second kappa shape index (κ2) is 7.94. The summed E-state index contributed by atoms with van der Waals surface area (Å²) in [5.41, 5.74) is 2.42. The highest BCUT2D eigenvalue weighted by molar-refractivity contribution is 7.17. The van der Waals surface area contributed by atoms with Crippen molar-refractivity contribution >= 4 is 22.9 Å². The Hall–Kier alpha value is -2.66. The van der Waals surface area contributed by atoms with Crippen molar-refractivity contribution in [1.82, 2.24) is 4.98 Å². The average Bonchev–Trinajstić information content (AvgIpc) is 3.03. The number of hydrogen-bond donors (Lipinski definition) is 1. The second-order valence-electron chi connectivity index (χ2n) is 5.60. The highest BCUT2D eigenvalue weighted by atomic mass is 32.1. The summed E-state index contributed by atoms with van der Waals surface area (Å²) >= 11 is 1.40. The number of thiazole rings is 1. The molecule has 4 nitrogen and oxygen atoms in total. The van der Waals surface area contributed by atoms with Crippen LogP contribution in [0.2, 0.25) is 0 Å². The maximum atomic E-state index is 12.7. The number of benzene rings is 2. The summed E-state index contributed by atoms with van der Waals surface area (Å²) in [6.45, 7) is 4.52. The number of hydrogen-bond acceptors (Lipinski definition) is 4. The molecule has 128 valence electrons. The number of carbonyl (C=O) groups excluding carboxylic acids is 1. The summed E-state index contributed by atoms with van der Waals surface area (Å²) in [4.78, 5) is 17.9. The van der Waals surface area contributed by atoms with Gasteiger partial charge in [0, 0.05) is 5.56 Å². The third-order valence-electron chi connectivity index (χ3n) is 3.62. The molecule has 0 unspecified atom stereocenters. The lowest BCUT2D eigenvalue weighted by atomic mass is 10.2. The lowest BCUT2D eigenvalue weighted by Crippen LogP contribution is -2.12. The number of anilines is 1. The minimum absolute atomic E-state index is 0.162. The predicted molar refractivity (Wildman–Crippen MR) is 102 cm³/mol. The molecule has 0 saturated carbocycles. The van der Waals surface area contributed by atoms with Gasteiger partial charge in [-0.05, 0) is 25.5 Å². The summed E-state index contributed by atoms with van der Waals surface area (Å²) < 4.78 is 5.70. The molecule has 0 spiro atoms. The number of rotatable bonds is 6. The van der Waals surface area contributed by atoms with E-state index in [4.69, 9.17) is 4.74 Å². The van der Waals surface area contributed by atoms with Crippen LogP contribution in [0.25, 0.3) is 10.6 Å². The standard InChI is InChI=1S/C20H20N2O2S/c1-3-13-24-17-12-8-7-11-16(17)22-19(23)18-14(2)21-20(25-18)15-9-5-4-6-10-15/h4-12H,3,13H2,1-2H3,(H,22,23). The van der Waals surface area contributed by atoms with Gasteiger partial charge in [0.1, 0.15) is 15.6 Å². The fraction of sp³-hybridized carbons (Fsp3) is 0.200. The Balaban J connectivity index is 1.82. The zero-order valence-corrected chi connectivity index (χ0v) is 15.1. The number of aromatic nitrogens is 1. The van der Waals surface area contributed by atoms with E-state index in [-0.39, 0.29) is 5.91 Å². The first-order valence-corrected chi connectivity index (χ1v) is 9.06. The number of nitrogens with zero attached hydrogens (tertiary/aromatic N) is 1. The average molecular weight is 352 g/mol. The molecule has 0 aliphatic carbocycles. The molecule has 0 bridgehead atoms. The smallest absolute Gasteiger partial charge is 0.267 e. The molecule has 1 aromatic heterocycles. The summed E-state index contributed by atoms with van der Waals surface area (Å²) in [7, 11) is 0. The Morgan fingerprint density at radius 1 is 1.12 bits per heavy atom. The number of aryl methyl sites for hydroxylation is 1. The van der Waals surface area contributed by atoms with Gasteiger partial charge in [-0.2, -0.15) is 0 Å². The van der Waals surface area contributed by atoms with E-state index < -0.39 is 0 Å². The summed E-state index contributed by atoms with van der Waals surface area (Å²) in [6.07, 6.45) is 0.913. The van der Waals surface area contributed by atoms with Crippen LogP contribution in [0.1, 0.15) is 28.7 Å². The highest BCUT2D eigenvalue weighted by Crippen LogP contribution is 2.30. The highest BCUT2D eigenvalue weighted by Gasteiger charge is 2.17. The van der Waals surface area contributed by atoms with Crippen molar-refractivity contribution in [2.45, 2.75) is 20.3 Å². The van der Waals surface area contributed by atoms with E-state index in [1.165, 1.54) is 11.3 Å². The Kier molecular flexibility index (Phi) is 5.46. The minimum atomic E-state index is -0.162. The van der Waals surface area contributed by atoms with Gasteiger partial charge in [0.05, 0.1) is 18.0 Å². The fourth-order valence-electron chi connectivity index (χ4n) is 2.40. The van der Waals surface area contributed by atoms with E-state index in [2.05, 4.69) is 10.3 Å². The van der Waals surface area contributed by atoms with Crippen LogP contribution in [0.5, 0.6) is 5.75 Å². The minimum Gasteiger partial charge on any atom is -0.491 e. The van der Waals surface area contributed by atoms with Gasteiger partial charge >= 0.3 is 0 Å². The third-order valence-corrected chi connectivity index (χ3v) is 4.83. The topological polar surface area (TPSA) is 51.2 Å². The molecule has 0 atom stereocenters. The van der Waals surface area contributed by atoms with Gasteiger partial charge in [-0.3, -0.25) is 4.79 Å². The van der Waals surface area contributed by atoms with Crippen LogP contribution >= 0.6 is 11.3 Å². The third kappa shape index (κ3) is 4.06. The van der Waals surface area contributed by atoms with E-state index >= 15 is 0 Å². The fourth-order valence-corrected chi connectivity index (χ4v) is 3.37. The lowest BCUT2D eigenvalue weighted by molar-refractivity contribution is 0.102. The molecular formula is C20H20N2O2S. The maximum Gasteiger partial charge on any atom is 0.267 e. The first-order chi connectivity index (χ1) is 12.2. The van der Waals surface area contributed by atoms with E-state index in [1.54, 1.807) is 0 Å². The van der Waals surface area contributed by atoms with Crippen molar-refractivity contribution < 1.29 is 9.53 Å². The number of carbonyl (C=O) groups is 1. The van der Waals surface area contributed by atoms with E-state index in [1.807, 2.05) is 68.4 Å². The van der Waals surface area contributed by atoms with Gasteiger partial charge in [0.25, 0.3) is 5.91 Å². The zero-order valence-electron chi connectivity index (χ0n) is 14.3. The number of para-hydroxylation sites is 2. The van der Waals surface area contributed by atoms with Crippen molar-refractivity contribution in [3.05, 3.63) is 65.2 Å². The molecule has 25 heavy (non-hydrogen) atoms. The van der Waals surface area contributed by atoms with Crippen LogP contribution in [0.3, 0.4) is 0 Å². The molecule has 0 fully saturated rings. The Labute approximate surface area is 151 Å². The van der Waals surface area contributed by atoms with Crippen LogP contribution in [0.15, 0.2) is 54.6 Å². The quantitative estimate of drug-likeness (QED) is 0.667. The zero-order chi connectivity index (χ0) is 17.6. The van der Waals surface area contributed by atoms with Crippen LogP contribution in [0.4, 0.5) is 5.69 Å². The predicted octanol–water partition coefficient (Wildman–Crippen LogP) is 5.16. The second-order valence-corrected chi connectivity index (χ2v) is 6.60. The molecule has 1 heterocycles. The number of amides is 1. The Bertz CT molecular complexity index is 859. The summed E-state index contributed by atoms with van der Waals surface area (Å²) in [6, 6.07) is 17.4. The van der Waals surface area contributed by atoms with Gasteiger partial charge in [-0.25, -0.2) is 4.98 Å². The van der Waals surface area contributed by atoms with Gasteiger partial charge in [-0.1, -0.05) is 49.4 Å². The normalized spacial score (nSPS) is 10.5. The molecule has 1 N–H and O–H groups in total. The van der Waals surface area contributed by atoms with Gasteiger partial charge in [-0.15, -0.1) is 11.3 Å². The van der Waals surface area contributed by atoms with Crippen LogP contribution in [0, 0.1) is 6.92 Å². The maximum absolute atomic E-state index is 12.7. The van der Waals surface area contributed by atoms with Crippen molar-refractivity contribution in [3.63, 3.8) is 0 Å². The van der Waals surface area contributed by atoms with E-state index in [0.29, 0.717) is 22.9 Å². The first-order valence-electron chi connectivity index (χ1n) is 8.25. The Morgan fingerprint density at radius 2 is 1.84 bits per heavy atom. The molecule has 5 heteroatoms. The van der Waals surface area contributed by atoms with E-state index in [9.17, 15) is 4.79 Å². The molecule has 2 aromatic carbocycles. The van der Waals surface area contributed by atoms with Crippen molar-refractivity contribution in [3.8, 4) is 16.3 Å². The van der Waals surface area contributed by atoms with Crippen LogP contribution < -0.4 is 10.1 Å². The molecule has 1 amide bonds. The van der Waals surface area contributed by atoms with E-state index in [0.717, 1.165) is 22.7 Å². The van der Waals surface area contributed by atoms with Crippen LogP contribution in [-0.4, -0.2) is 17.5 Å². The monoisotopic (exact) mass is 352 g/mol. The summed E-state index contributed by atoms with van der Waals surface area (Å²) in [5, 5.41) is 3.79. The molecule has 3 aromatic rings. The molecule has 0 radical (unpaired) electrons. The molecule has 0 aliphatic heterocycles. The largest absolute Gasteiger partial charge is 0.491 e.